The summed E-state index contributed by atoms with van der Waals surface area (Å²) < 4.78 is 0. The number of alkyl halides is 1. The van der Waals surface area contributed by atoms with Crippen molar-refractivity contribution in [2.24, 2.45) is 0 Å². The lowest BCUT2D eigenvalue weighted by Gasteiger charge is -2.08. The standard InChI is InChI=1S/C15H23Cl/c1-3-5-13-7-9-14(10-8-13)11-12-15(16)6-4-2/h7-10,15H,3-6,11-12H2,1-2H3. The van der Waals surface area contributed by atoms with Gasteiger partial charge in [-0.05, 0) is 36.8 Å². The Kier molecular flexibility index (Phi) is 6.56. The molecule has 1 unspecified atom stereocenters. The van der Waals surface area contributed by atoms with Crippen LogP contribution in [0.3, 0.4) is 0 Å². The molecule has 0 N–H and O–H groups in total. The van der Waals surface area contributed by atoms with Crippen molar-refractivity contribution in [3.63, 3.8) is 0 Å². The van der Waals surface area contributed by atoms with E-state index in [4.69, 9.17) is 11.6 Å². The first-order valence-corrected chi connectivity index (χ1v) is 6.91. The van der Waals surface area contributed by atoms with Gasteiger partial charge in [0.05, 0.1) is 0 Å². The summed E-state index contributed by atoms with van der Waals surface area (Å²) in [5.74, 6) is 0. The highest BCUT2D eigenvalue weighted by Crippen LogP contribution is 2.14. The molecular weight excluding hydrogens is 216 g/mol. The van der Waals surface area contributed by atoms with Crippen molar-refractivity contribution >= 4 is 11.6 Å². The fourth-order valence-corrected chi connectivity index (χ4v) is 2.27. The Bertz CT molecular complexity index is 276. The molecule has 1 heteroatoms. The fourth-order valence-electron chi connectivity index (χ4n) is 1.94. The van der Waals surface area contributed by atoms with E-state index >= 15 is 0 Å². The van der Waals surface area contributed by atoms with Crippen LogP contribution in [0.2, 0.25) is 0 Å². The minimum Gasteiger partial charge on any atom is -0.123 e. The van der Waals surface area contributed by atoms with Crippen molar-refractivity contribution in [1.82, 2.24) is 0 Å². The van der Waals surface area contributed by atoms with Crippen LogP contribution in [0.5, 0.6) is 0 Å². The second-order valence-electron chi connectivity index (χ2n) is 4.49. The van der Waals surface area contributed by atoms with Crippen LogP contribution in [0.25, 0.3) is 0 Å². The van der Waals surface area contributed by atoms with E-state index in [1.165, 1.54) is 30.4 Å². The molecule has 0 aliphatic rings. The molecule has 0 aliphatic carbocycles. The maximum Gasteiger partial charge on any atom is 0.0339 e. The highest BCUT2D eigenvalue weighted by molar-refractivity contribution is 6.20. The van der Waals surface area contributed by atoms with Crippen molar-refractivity contribution in [3.8, 4) is 0 Å². The van der Waals surface area contributed by atoms with E-state index < -0.39 is 0 Å². The average molecular weight is 239 g/mol. The lowest BCUT2D eigenvalue weighted by molar-refractivity contribution is 0.675. The Morgan fingerprint density at radius 2 is 1.44 bits per heavy atom. The quantitative estimate of drug-likeness (QED) is 0.588. The van der Waals surface area contributed by atoms with Crippen molar-refractivity contribution in [2.75, 3.05) is 0 Å². The molecule has 90 valence electrons. The van der Waals surface area contributed by atoms with E-state index in [2.05, 4.69) is 38.1 Å². The van der Waals surface area contributed by atoms with Gasteiger partial charge in [-0.1, -0.05) is 51.0 Å². The molecule has 0 amide bonds. The molecular formula is C15H23Cl. The van der Waals surface area contributed by atoms with Gasteiger partial charge in [0.1, 0.15) is 0 Å². The average Bonchev–Trinajstić information content (AvgIpc) is 2.29. The monoisotopic (exact) mass is 238 g/mol. The Balaban J connectivity index is 2.37. The lowest BCUT2D eigenvalue weighted by atomic mass is 10.0. The van der Waals surface area contributed by atoms with Gasteiger partial charge < -0.3 is 0 Å². The smallest absolute Gasteiger partial charge is 0.0339 e. The molecule has 0 aromatic heterocycles. The molecule has 0 spiro atoms. The third-order valence-corrected chi connectivity index (χ3v) is 3.35. The normalized spacial score (nSPS) is 12.7. The van der Waals surface area contributed by atoms with E-state index in [0.717, 1.165) is 19.3 Å². The molecule has 0 radical (unpaired) electrons. The Morgan fingerprint density at radius 1 is 0.875 bits per heavy atom. The summed E-state index contributed by atoms with van der Waals surface area (Å²) in [5, 5.41) is 0.348. The molecule has 0 saturated carbocycles. The SMILES string of the molecule is CCCc1ccc(CCC(Cl)CCC)cc1. The van der Waals surface area contributed by atoms with Gasteiger partial charge in [0.2, 0.25) is 0 Å². The summed E-state index contributed by atoms with van der Waals surface area (Å²) in [6.07, 6.45) is 6.94. The molecule has 16 heavy (non-hydrogen) atoms. The first-order valence-electron chi connectivity index (χ1n) is 6.48. The van der Waals surface area contributed by atoms with Crippen LogP contribution in [-0.2, 0) is 12.8 Å². The summed E-state index contributed by atoms with van der Waals surface area (Å²) in [5.41, 5.74) is 2.86. The Labute approximate surface area is 105 Å². The first-order chi connectivity index (χ1) is 7.76. The number of aryl methyl sites for hydroxylation is 2. The molecule has 0 nitrogen and oxygen atoms in total. The topological polar surface area (TPSA) is 0 Å². The van der Waals surface area contributed by atoms with E-state index in [1.807, 2.05) is 0 Å². The molecule has 0 bridgehead atoms. The Morgan fingerprint density at radius 3 is 1.94 bits per heavy atom. The van der Waals surface area contributed by atoms with Gasteiger partial charge in [-0.25, -0.2) is 0 Å². The second kappa shape index (κ2) is 7.73. The second-order valence-corrected chi connectivity index (χ2v) is 5.11. The molecule has 0 heterocycles. The van der Waals surface area contributed by atoms with Crippen molar-refractivity contribution in [2.45, 2.75) is 57.7 Å². The number of rotatable bonds is 7. The minimum absolute atomic E-state index is 0.348. The molecule has 1 atom stereocenters. The summed E-state index contributed by atoms with van der Waals surface area (Å²) in [7, 11) is 0. The predicted molar refractivity (Wildman–Crippen MR) is 73.3 cm³/mol. The van der Waals surface area contributed by atoms with Crippen molar-refractivity contribution in [1.29, 1.82) is 0 Å². The highest BCUT2D eigenvalue weighted by atomic mass is 35.5. The molecule has 0 fully saturated rings. The lowest BCUT2D eigenvalue weighted by Crippen LogP contribution is -2.00. The molecule has 1 aromatic rings. The number of halogens is 1. The van der Waals surface area contributed by atoms with Gasteiger partial charge >= 0.3 is 0 Å². The zero-order chi connectivity index (χ0) is 11.8. The van der Waals surface area contributed by atoms with E-state index in [0.29, 0.717) is 5.38 Å². The van der Waals surface area contributed by atoms with Crippen LogP contribution < -0.4 is 0 Å². The first kappa shape index (κ1) is 13.6. The maximum absolute atomic E-state index is 6.21. The fraction of sp³-hybridized carbons (Fsp3) is 0.600. The Hall–Kier alpha value is -0.490. The van der Waals surface area contributed by atoms with Crippen LogP contribution in [0.1, 0.15) is 50.7 Å². The summed E-state index contributed by atoms with van der Waals surface area (Å²) in [6.45, 7) is 4.41. The molecule has 0 saturated heterocycles. The van der Waals surface area contributed by atoms with Gasteiger partial charge in [-0.15, -0.1) is 11.6 Å². The van der Waals surface area contributed by atoms with Crippen LogP contribution in [0, 0.1) is 0 Å². The van der Waals surface area contributed by atoms with E-state index in [9.17, 15) is 0 Å². The van der Waals surface area contributed by atoms with Gasteiger partial charge in [0, 0.05) is 5.38 Å². The highest BCUT2D eigenvalue weighted by Gasteiger charge is 2.03. The number of benzene rings is 1. The largest absolute Gasteiger partial charge is 0.123 e. The van der Waals surface area contributed by atoms with Gasteiger partial charge in [0.25, 0.3) is 0 Å². The summed E-state index contributed by atoms with van der Waals surface area (Å²) >= 11 is 6.21. The van der Waals surface area contributed by atoms with Crippen LogP contribution in [0.4, 0.5) is 0 Å². The summed E-state index contributed by atoms with van der Waals surface area (Å²) in [6, 6.07) is 9.00. The van der Waals surface area contributed by atoms with Crippen LogP contribution in [-0.4, -0.2) is 5.38 Å². The number of hydrogen-bond acceptors (Lipinski definition) is 0. The van der Waals surface area contributed by atoms with Gasteiger partial charge in [-0.3, -0.25) is 0 Å². The summed E-state index contributed by atoms with van der Waals surface area (Å²) in [4.78, 5) is 0. The van der Waals surface area contributed by atoms with Crippen LogP contribution >= 0.6 is 11.6 Å². The van der Waals surface area contributed by atoms with Crippen LogP contribution in [0.15, 0.2) is 24.3 Å². The van der Waals surface area contributed by atoms with Crippen molar-refractivity contribution < 1.29 is 0 Å². The molecule has 1 aromatic carbocycles. The third-order valence-electron chi connectivity index (χ3n) is 2.91. The van der Waals surface area contributed by atoms with Gasteiger partial charge in [0.15, 0.2) is 0 Å². The van der Waals surface area contributed by atoms with E-state index in [1.54, 1.807) is 0 Å². The zero-order valence-corrected chi connectivity index (χ0v) is 11.3. The maximum atomic E-state index is 6.21. The molecule has 1 rings (SSSR count). The molecule has 0 aliphatic heterocycles. The zero-order valence-electron chi connectivity index (χ0n) is 10.5. The van der Waals surface area contributed by atoms with Gasteiger partial charge in [-0.2, -0.15) is 0 Å². The van der Waals surface area contributed by atoms with E-state index in [-0.39, 0.29) is 0 Å². The third kappa shape index (κ3) is 5.03. The van der Waals surface area contributed by atoms with Crippen molar-refractivity contribution in [3.05, 3.63) is 35.4 Å². The predicted octanol–water partition coefficient (Wildman–Crippen LogP) is 4.98. The number of hydrogen-bond donors (Lipinski definition) is 0. The minimum atomic E-state index is 0.348.